The molecule has 76 valence electrons. The zero-order valence-electron chi connectivity index (χ0n) is 9.15. The van der Waals surface area contributed by atoms with E-state index in [1.807, 2.05) is 0 Å². The molecular weight excluding hydrogens is 165 g/mol. The van der Waals surface area contributed by atoms with Crippen molar-refractivity contribution in [3.8, 4) is 0 Å². The molecule has 13 heavy (non-hydrogen) atoms. The minimum absolute atomic E-state index is 0.0281. The van der Waals surface area contributed by atoms with Crippen LogP contribution in [-0.2, 0) is 0 Å². The van der Waals surface area contributed by atoms with Crippen LogP contribution in [0.1, 0.15) is 40.5 Å². The summed E-state index contributed by atoms with van der Waals surface area (Å²) < 4.78 is 13.8. The standard InChI is InChI=1S/C11H20FN/c1-9(2,3)13-7-11(8-13)6-5-10(11,4)12/h5-8H2,1-4H3. The van der Waals surface area contributed by atoms with Crippen molar-refractivity contribution in [1.82, 2.24) is 4.90 Å². The van der Waals surface area contributed by atoms with Gasteiger partial charge in [0.2, 0.25) is 0 Å². The van der Waals surface area contributed by atoms with Gasteiger partial charge in [0, 0.05) is 24.0 Å². The fraction of sp³-hybridized carbons (Fsp3) is 1.00. The lowest BCUT2D eigenvalue weighted by atomic mass is 9.54. The summed E-state index contributed by atoms with van der Waals surface area (Å²) in [6, 6.07) is 0. The molecule has 0 bridgehead atoms. The number of rotatable bonds is 0. The van der Waals surface area contributed by atoms with Gasteiger partial charge in [-0.1, -0.05) is 0 Å². The zero-order chi connectivity index (χ0) is 9.91. The molecule has 1 unspecified atom stereocenters. The van der Waals surface area contributed by atoms with Crippen molar-refractivity contribution in [3.63, 3.8) is 0 Å². The molecule has 1 aliphatic heterocycles. The molecule has 2 aliphatic rings. The summed E-state index contributed by atoms with van der Waals surface area (Å²) in [4.78, 5) is 2.38. The second-order valence-corrected chi connectivity index (χ2v) is 6.00. The van der Waals surface area contributed by atoms with Gasteiger partial charge in [-0.2, -0.15) is 0 Å². The van der Waals surface area contributed by atoms with Gasteiger partial charge in [-0.05, 0) is 40.5 Å². The van der Waals surface area contributed by atoms with Crippen LogP contribution in [0.5, 0.6) is 0 Å². The quantitative estimate of drug-likeness (QED) is 0.560. The Labute approximate surface area is 80.3 Å². The molecule has 0 radical (unpaired) electrons. The Balaban J connectivity index is 1.98. The number of halogens is 1. The highest BCUT2D eigenvalue weighted by molar-refractivity contribution is 5.15. The van der Waals surface area contributed by atoms with E-state index in [0.29, 0.717) is 0 Å². The molecule has 1 spiro atoms. The van der Waals surface area contributed by atoms with E-state index in [1.165, 1.54) is 0 Å². The molecule has 2 fully saturated rings. The molecule has 1 saturated heterocycles. The third-order valence-electron chi connectivity index (χ3n) is 4.11. The van der Waals surface area contributed by atoms with Crippen LogP contribution in [0.15, 0.2) is 0 Å². The number of hydrogen-bond acceptors (Lipinski definition) is 1. The van der Waals surface area contributed by atoms with Crippen molar-refractivity contribution in [2.45, 2.75) is 51.7 Å². The van der Waals surface area contributed by atoms with E-state index in [-0.39, 0.29) is 11.0 Å². The van der Waals surface area contributed by atoms with Crippen LogP contribution in [0.4, 0.5) is 4.39 Å². The topological polar surface area (TPSA) is 3.24 Å². The van der Waals surface area contributed by atoms with E-state index in [4.69, 9.17) is 0 Å². The summed E-state index contributed by atoms with van der Waals surface area (Å²) in [5.41, 5.74) is -0.633. The average Bonchev–Trinajstić information content (AvgIpc) is 1.78. The molecule has 1 saturated carbocycles. The molecule has 0 N–H and O–H groups in total. The third kappa shape index (κ3) is 1.14. The number of alkyl halides is 1. The normalized spacial score (nSPS) is 38.5. The highest BCUT2D eigenvalue weighted by Crippen LogP contribution is 2.58. The maximum Gasteiger partial charge on any atom is 0.116 e. The Morgan fingerprint density at radius 1 is 1.15 bits per heavy atom. The first-order chi connectivity index (χ1) is 5.77. The molecule has 1 aliphatic carbocycles. The lowest BCUT2D eigenvalue weighted by Gasteiger charge is -2.65. The van der Waals surface area contributed by atoms with Crippen molar-refractivity contribution in [2.24, 2.45) is 5.41 Å². The summed E-state index contributed by atoms with van der Waals surface area (Å²) in [5.74, 6) is 0. The Morgan fingerprint density at radius 2 is 1.69 bits per heavy atom. The van der Waals surface area contributed by atoms with Crippen LogP contribution in [0, 0.1) is 5.41 Å². The van der Waals surface area contributed by atoms with Gasteiger partial charge in [0.25, 0.3) is 0 Å². The summed E-state index contributed by atoms with van der Waals surface area (Å²) in [5, 5.41) is 0. The molecule has 2 rings (SSSR count). The molecule has 1 nitrogen and oxygen atoms in total. The largest absolute Gasteiger partial charge is 0.297 e. The highest BCUT2D eigenvalue weighted by Gasteiger charge is 2.63. The van der Waals surface area contributed by atoms with E-state index in [0.717, 1.165) is 25.9 Å². The number of likely N-dealkylation sites (tertiary alicyclic amines) is 1. The molecule has 2 heteroatoms. The molecular formula is C11H20FN. The summed E-state index contributed by atoms with van der Waals surface area (Å²) >= 11 is 0. The van der Waals surface area contributed by atoms with Gasteiger partial charge in [0.15, 0.2) is 0 Å². The van der Waals surface area contributed by atoms with E-state index >= 15 is 0 Å². The molecule has 0 amide bonds. The summed E-state index contributed by atoms with van der Waals surface area (Å²) in [6.07, 6.45) is 1.86. The van der Waals surface area contributed by atoms with Crippen LogP contribution in [0.3, 0.4) is 0 Å². The van der Waals surface area contributed by atoms with Crippen molar-refractivity contribution in [3.05, 3.63) is 0 Å². The SMILES string of the molecule is CC(C)(C)N1CC2(CCC2(C)F)C1. The molecule has 1 atom stereocenters. The Morgan fingerprint density at radius 3 is 1.92 bits per heavy atom. The lowest BCUT2D eigenvalue weighted by molar-refractivity contribution is -0.202. The predicted octanol–water partition coefficient (Wildman–Crippen LogP) is 2.61. The first kappa shape index (κ1) is 9.45. The predicted molar refractivity (Wildman–Crippen MR) is 52.5 cm³/mol. The lowest BCUT2D eigenvalue weighted by Crippen LogP contribution is -2.73. The minimum Gasteiger partial charge on any atom is -0.297 e. The second-order valence-electron chi connectivity index (χ2n) is 6.00. The van der Waals surface area contributed by atoms with Crippen LogP contribution >= 0.6 is 0 Å². The summed E-state index contributed by atoms with van der Waals surface area (Å²) in [6.45, 7) is 10.3. The van der Waals surface area contributed by atoms with E-state index in [2.05, 4.69) is 25.7 Å². The molecule has 0 aromatic rings. The first-order valence-corrected chi connectivity index (χ1v) is 5.21. The van der Waals surface area contributed by atoms with Crippen LogP contribution in [0.2, 0.25) is 0 Å². The highest BCUT2D eigenvalue weighted by atomic mass is 19.1. The number of nitrogens with zero attached hydrogens (tertiary/aromatic N) is 1. The minimum atomic E-state index is -0.880. The smallest absolute Gasteiger partial charge is 0.116 e. The molecule has 0 aromatic carbocycles. The van der Waals surface area contributed by atoms with Gasteiger partial charge in [0.05, 0.1) is 0 Å². The van der Waals surface area contributed by atoms with Gasteiger partial charge in [-0.25, -0.2) is 4.39 Å². The fourth-order valence-electron chi connectivity index (χ4n) is 2.47. The van der Waals surface area contributed by atoms with Gasteiger partial charge < -0.3 is 0 Å². The zero-order valence-corrected chi connectivity index (χ0v) is 9.15. The van der Waals surface area contributed by atoms with Gasteiger partial charge in [0.1, 0.15) is 5.67 Å². The Hall–Kier alpha value is -0.110. The van der Waals surface area contributed by atoms with Crippen LogP contribution in [-0.4, -0.2) is 29.2 Å². The Kier molecular flexibility index (Phi) is 1.65. The van der Waals surface area contributed by atoms with Gasteiger partial charge in [-0.3, -0.25) is 4.90 Å². The van der Waals surface area contributed by atoms with Crippen molar-refractivity contribution in [1.29, 1.82) is 0 Å². The van der Waals surface area contributed by atoms with Gasteiger partial charge in [-0.15, -0.1) is 0 Å². The van der Waals surface area contributed by atoms with Crippen LogP contribution in [0.25, 0.3) is 0 Å². The maximum atomic E-state index is 13.8. The third-order valence-corrected chi connectivity index (χ3v) is 4.11. The first-order valence-electron chi connectivity index (χ1n) is 5.21. The fourth-order valence-corrected chi connectivity index (χ4v) is 2.47. The molecule has 1 heterocycles. The van der Waals surface area contributed by atoms with Crippen molar-refractivity contribution < 1.29 is 4.39 Å². The molecule has 0 aromatic heterocycles. The van der Waals surface area contributed by atoms with E-state index in [9.17, 15) is 4.39 Å². The summed E-state index contributed by atoms with van der Waals surface area (Å²) in [7, 11) is 0. The van der Waals surface area contributed by atoms with Gasteiger partial charge >= 0.3 is 0 Å². The van der Waals surface area contributed by atoms with Crippen molar-refractivity contribution in [2.75, 3.05) is 13.1 Å². The monoisotopic (exact) mass is 185 g/mol. The maximum absolute atomic E-state index is 13.8. The second kappa shape index (κ2) is 2.28. The van der Waals surface area contributed by atoms with Crippen molar-refractivity contribution >= 4 is 0 Å². The van der Waals surface area contributed by atoms with Crippen LogP contribution < -0.4 is 0 Å². The Bertz CT molecular complexity index is 221. The number of hydrogen-bond donors (Lipinski definition) is 0. The van der Waals surface area contributed by atoms with E-state index in [1.54, 1.807) is 6.92 Å². The van der Waals surface area contributed by atoms with E-state index < -0.39 is 5.67 Å². The average molecular weight is 185 g/mol.